The number of amides is 2. The van der Waals surface area contributed by atoms with Crippen molar-refractivity contribution in [1.82, 2.24) is 5.43 Å². The Morgan fingerprint density at radius 2 is 1.63 bits per heavy atom. The number of hydrogen-bond donors (Lipinski definition) is 1. The third-order valence-corrected chi connectivity index (χ3v) is 4.97. The number of nitrogens with one attached hydrogen (secondary N) is 1. The third kappa shape index (κ3) is 3.72. The van der Waals surface area contributed by atoms with E-state index in [0.717, 1.165) is 35.5 Å². The summed E-state index contributed by atoms with van der Waals surface area (Å²) in [7, 11) is 0. The van der Waals surface area contributed by atoms with Crippen molar-refractivity contribution in [2.24, 2.45) is 0 Å². The second kappa shape index (κ2) is 7.66. The highest BCUT2D eigenvalue weighted by atomic mass is 16.2. The topological polar surface area (TPSA) is 52.7 Å². The van der Waals surface area contributed by atoms with E-state index >= 15 is 0 Å². The maximum absolute atomic E-state index is 12.8. The Balaban J connectivity index is 1.85. The molecular formula is C22H25N3O2. The van der Waals surface area contributed by atoms with E-state index in [1.165, 1.54) is 5.01 Å². The normalized spacial score (nSPS) is 15.4. The van der Waals surface area contributed by atoms with Crippen LogP contribution < -0.4 is 15.3 Å². The molecule has 1 fully saturated rings. The summed E-state index contributed by atoms with van der Waals surface area (Å²) in [5.74, 6) is -0.720. The zero-order valence-electron chi connectivity index (χ0n) is 16.2. The molecule has 0 atom stereocenters. The summed E-state index contributed by atoms with van der Waals surface area (Å²) in [5, 5.41) is 1.31. The molecule has 0 spiro atoms. The van der Waals surface area contributed by atoms with E-state index in [0.29, 0.717) is 5.69 Å². The van der Waals surface area contributed by atoms with Gasteiger partial charge in [0.1, 0.15) is 5.57 Å². The van der Waals surface area contributed by atoms with Gasteiger partial charge in [-0.2, -0.15) is 0 Å². The molecule has 5 heteroatoms. The summed E-state index contributed by atoms with van der Waals surface area (Å²) in [5.41, 5.74) is 7.62. The summed E-state index contributed by atoms with van der Waals surface area (Å²) in [6.45, 7) is 10.1. The Morgan fingerprint density at radius 1 is 0.963 bits per heavy atom. The van der Waals surface area contributed by atoms with Crippen LogP contribution in [-0.2, 0) is 9.59 Å². The monoisotopic (exact) mass is 363 g/mol. The molecule has 5 nitrogen and oxygen atoms in total. The van der Waals surface area contributed by atoms with E-state index < -0.39 is 0 Å². The molecule has 27 heavy (non-hydrogen) atoms. The first-order valence-corrected chi connectivity index (χ1v) is 9.24. The van der Waals surface area contributed by atoms with E-state index in [2.05, 4.69) is 24.2 Å². The maximum Gasteiger partial charge on any atom is 0.282 e. The van der Waals surface area contributed by atoms with Crippen LogP contribution >= 0.6 is 0 Å². The lowest BCUT2D eigenvalue weighted by atomic mass is 10.1. The van der Waals surface area contributed by atoms with E-state index in [1.54, 1.807) is 6.08 Å². The van der Waals surface area contributed by atoms with Crippen LogP contribution in [0.5, 0.6) is 0 Å². The number of anilines is 2. The molecule has 0 saturated carbocycles. The second-order valence-corrected chi connectivity index (χ2v) is 6.67. The molecule has 0 aromatic heterocycles. The number of carbonyl (C=O) groups is 2. The molecule has 2 aromatic carbocycles. The third-order valence-electron chi connectivity index (χ3n) is 4.97. The molecule has 140 valence electrons. The van der Waals surface area contributed by atoms with Crippen LogP contribution in [0.25, 0.3) is 6.08 Å². The minimum Gasteiger partial charge on any atom is -0.372 e. The van der Waals surface area contributed by atoms with Gasteiger partial charge in [0.05, 0.1) is 5.69 Å². The van der Waals surface area contributed by atoms with Gasteiger partial charge < -0.3 is 4.90 Å². The predicted molar refractivity (Wildman–Crippen MR) is 110 cm³/mol. The highest BCUT2D eigenvalue weighted by molar-refractivity contribution is 6.31. The molecule has 2 amide bonds. The molecule has 1 saturated heterocycles. The second-order valence-electron chi connectivity index (χ2n) is 6.67. The van der Waals surface area contributed by atoms with Gasteiger partial charge in [-0.05, 0) is 74.7 Å². The molecule has 1 heterocycles. The van der Waals surface area contributed by atoms with Crippen LogP contribution in [0.15, 0.2) is 48.0 Å². The largest absolute Gasteiger partial charge is 0.372 e. The lowest BCUT2D eigenvalue weighted by Gasteiger charge is -2.20. The summed E-state index contributed by atoms with van der Waals surface area (Å²) in [6, 6.07) is 13.6. The van der Waals surface area contributed by atoms with Crippen LogP contribution in [0.4, 0.5) is 11.4 Å². The number of hydrazine groups is 1. The minimum atomic E-state index is -0.383. The Bertz CT molecular complexity index is 896. The van der Waals surface area contributed by atoms with Crippen LogP contribution in [0, 0.1) is 13.8 Å². The lowest BCUT2D eigenvalue weighted by Crippen LogP contribution is -2.35. The number of benzene rings is 2. The Hall–Kier alpha value is -3.08. The summed E-state index contributed by atoms with van der Waals surface area (Å²) in [4.78, 5) is 27.3. The molecule has 0 bridgehead atoms. The first-order chi connectivity index (χ1) is 12.9. The van der Waals surface area contributed by atoms with Gasteiger partial charge in [-0.15, -0.1) is 0 Å². The highest BCUT2D eigenvalue weighted by Gasteiger charge is 2.34. The quantitative estimate of drug-likeness (QED) is 0.652. The average molecular weight is 363 g/mol. The Kier molecular flexibility index (Phi) is 5.31. The summed E-state index contributed by atoms with van der Waals surface area (Å²) in [6.07, 6.45) is 1.64. The van der Waals surface area contributed by atoms with Crippen molar-refractivity contribution in [3.63, 3.8) is 0 Å². The standard InChI is InChI=1S/C22H25N3O2/c1-5-24(6-2)18-11-8-17(9-12-18)14-20-21(26)23-25(22(20)27)19-10-7-15(3)16(4)13-19/h7-14H,5-6H2,1-4H3,(H,23,26)/b20-14-. The SMILES string of the molecule is CCN(CC)c1ccc(/C=C2/C(=O)NN(c3ccc(C)c(C)c3)C2=O)cc1. The van der Waals surface area contributed by atoms with Gasteiger partial charge in [-0.3, -0.25) is 15.0 Å². The van der Waals surface area contributed by atoms with Gasteiger partial charge in [0.25, 0.3) is 11.8 Å². The molecule has 0 aliphatic carbocycles. The number of hydrogen-bond acceptors (Lipinski definition) is 3. The zero-order chi connectivity index (χ0) is 19.6. The van der Waals surface area contributed by atoms with E-state index in [1.807, 2.05) is 56.3 Å². The van der Waals surface area contributed by atoms with Crippen molar-refractivity contribution in [3.05, 3.63) is 64.7 Å². The zero-order valence-corrected chi connectivity index (χ0v) is 16.2. The minimum absolute atomic E-state index is 0.142. The number of rotatable bonds is 5. The van der Waals surface area contributed by atoms with Gasteiger partial charge in [0.2, 0.25) is 0 Å². The maximum atomic E-state index is 12.8. The van der Waals surface area contributed by atoms with Crippen molar-refractivity contribution in [2.45, 2.75) is 27.7 Å². The lowest BCUT2D eigenvalue weighted by molar-refractivity contribution is -0.117. The number of carbonyl (C=O) groups excluding carboxylic acids is 2. The van der Waals surface area contributed by atoms with Gasteiger partial charge in [0.15, 0.2) is 0 Å². The van der Waals surface area contributed by atoms with Gasteiger partial charge in [0, 0.05) is 18.8 Å². The van der Waals surface area contributed by atoms with Crippen molar-refractivity contribution >= 4 is 29.3 Å². The first-order valence-electron chi connectivity index (χ1n) is 9.24. The van der Waals surface area contributed by atoms with Gasteiger partial charge in [-0.1, -0.05) is 18.2 Å². The molecule has 3 rings (SSSR count). The summed E-state index contributed by atoms with van der Waals surface area (Å²) < 4.78 is 0. The fourth-order valence-electron chi connectivity index (χ4n) is 3.14. The molecule has 0 unspecified atom stereocenters. The Labute approximate surface area is 160 Å². The van der Waals surface area contributed by atoms with E-state index in [9.17, 15) is 9.59 Å². The van der Waals surface area contributed by atoms with Crippen LogP contribution in [-0.4, -0.2) is 24.9 Å². The van der Waals surface area contributed by atoms with Gasteiger partial charge >= 0.3 is 0 Å². The van der Waals surface area contributed by atoms with Crippen molar-refractivity contribution in [1.29, 1.82) is 0 Å². The number of nitrogens with zero attached hydrogens (tertiary/aromatic N) is 2. The molecule has 0 radical (unpaired) electrons. The van der Waals surface area contributed by atoms with Gasteiger partial charge in [-0.25, -0.2) is 5.01 Å². The van der Waals surface area contributed by atoms with Crippen molar-refractivity contribution < 1.29 is 9.59 Å². The smallest absolute Gasteiger partial charge is 0.282 e. The van der Waals surface area contributed by atoms with Crippen LogP contribution in [0.3, 0.4) is 0 Å². The molecule has 2 aromatic rings. The van der Waals surface area contributed by atoms with E-state index in [-0.39, 0.29) is 17.4 Å². The first kappa shape index (κ1) is 18.7. The fraction of sp³-hybridized carbons (Fsp3) is 0.273. The average Bonchev–Trinajstić information content (AvgIpc) is 2.94. The molecule has 1 aliphatic rings. The molecule has 1 aliphatic heterocycles. The van der Waals surface area contributed by atoms with Crippen molar-refractivity contribution in [2.75, 3.05) is 23.0 Å². The van der Waals surface area contributed by atoms with Crippen LogP contribution in [0.1, 0.15) is 30.5 Å². The van der Waals surface area contributed by atoms with E-state index in [4.69, 9.17) is 0 Å². The van der Waals surface area contributed by atoms with Crippen molar-refractivity contribution in [3.8, 4) is 0 Å². The van der Waals surface area contributed by atoms with Crippen LogP contribution in [0.2, 0.25) is 0 Å². The number of aryl methyl sites for hydroxylation is 2. The predicted octanol–water partition coefficient (Wildman–Crippen LogP) is 3.61. The molecule has 1 N–H and O–H groups in total. The molecular weight excluding hydrogens is 338 g/mol. The Morgan fingerprint density at radius 3 is 2.22 bits per heavy atom. The highest BCUT2D eigenvalue weighted by Crippen LogP contribution is 2.24. The summed E-state index contributed by atoms with van der Waals surface area (Å²) >= 11 is 0. The fourth-order valence-corrected chi connectivity index (χ4v) is 3.14.